The summed E-state index contributed by atoms with van der Waals surface area (Å²) in [5, 5.41) is 0. The summed E-state index contributed by atoms with van der Waals surface area (Å²) < 4.78 is 0. The van der Waals surface area contributed by atoms with Crippen LogP contribution in [0.1, 0.15) is 58.4 Å². The molecule has 24 heavy (non-hydrogen) atoms. The molecule has 0 radical (unpaired) electrons. The summed E-state index contributed by atoms with van der Waals surface area (Å²) in [7, 11) is 1.78. The average molecular weight is 348 g/mol. The first-order valence-electron chi connectivity index (χ1n) is 8.61. The molecule has 5 nitrogen and oxygen atoms in total. The van der Waals surface area contributed by atoms with E-state index in [1.54, 1.807) is 24.1 Å². The van der Waals surface area contributed by atoms with Crippen molar-refractivity contribution in [2.75, 3.05) is 20.1 Å². The highest BCUT2D eigenvalue weighted by Gasteiger charge is 2.36. The van der Waals surface area contributed by atoms with Crippen molar-refractivity contribution >= 4 is 28.9 Å². The summed E-state index contributed by atoms with van der Waals surface area (Å²) in [6, 6.07) is 3.83. The highest BCUT2D eigenvalue weighted by atomic mass is 32.1. The van der Waals surface area contributed by atoms with Gasteiger partial charge in [-0.15, -0.1) is 11.3 Å². The van der Waals surface area contributed by atoms with Gasteiger partial charge in [-0.3, -0.25) is 14.4 Å². The van der Waals surface area contributed by atoms with Crippen LogP contribution in [0.4, 0.5) is 0 Å². The van der Waals surface area contributed by atoms with Gasteiger partial charge in [-0.25, -0.2) is 0 Å². The maximum Gasteiger partial charge on any atom is 0.263 e. The molecule has 2 fully saturated rings. The fourth-order valence-electron chi connectivity index (χ4n) is 3.80. The lowest BCUT2D eigenvalue weighted by atomic mass is 10.1. The van der Waals surface area contributed by atoms with Gasteiger partial charge in [0.15, 0.2) is 5.78 Å². The van der Waals surface area contributed by atoms with Crippen molar-refractivity contribution in [3.8, 4) is 0 Å². The maximum absolute atomic E-state index is 12.5. The molecule has 1 saturated heterocycles. The molecule has 0 spiro atoms. The molecule has 1 saturated carbocycles. The van der Waals surface area contributed by atoms with Crippen LogP contribution >= 0.6 is 11.3 Å². The lowest BCUT2D eigenvalue weighted by molar-refractivity contribution is -0.129. The van der Waals surface area contributed by atoms with Crippen LogP contribution in [0.25, 0.3) is 0 Å². The Hall–Kier alpha value is -1.69. The predicted molar refractivity (Wildman–Crippen MR) is 93.4 cm³/mol. The van der Waals surface area contributed by atoms with E-state index in [0.29, 0.717) is 28.8 Å². The minimum Gasteiger partial charge on any atom is -0.341 e. The number of nitrogens with zero attached hydrogens (tertiary/aromatic N) is 2. The summed E-state index contributed by atoms with van der Waals surface area (Å²) in [6.07, 6.45) is 5.21. The van der Waals surface area contributed by atoms with Crippen molar-refractivity contribution in [3.05, 3.63) is 21.9 Å². The number of thiophene rings is 1. The van der Waals surface area contributed by atoms with Crippen LogP contribution in [0.2, 0.25) is 0 Å². The number of amides is 2. The van der Waals surface area contributed by atoms with E-state index in [1.807, 2.05) is 4.90 Å². The molecule has 1 unspecified atom stereocenters. The summed E-state index contributed by atoms with van der Waals surface area (Å²) in [6.45, 7) is 2.86. The third-order valence-electron chi connectivity index (χ3n) is 5.05. The van der Waals surface area contributed by atoms with Crippen LogP contribution < -0.4 is 0 Å². The standard InChI is InChI=1S/C18H24N2O3S/c1-12(21)15-7-8-16(24-15)18(23)19(2)10-13-9-17(22)20(11-13)14-5-3-4-6-14/h7-8,13-14H,3-6,9-11H2,1-2H3. The van der Waals surface area contributed by atoms with Gasteiger partial charge in [-0.2, -0.15) is 0 Å². The Morgan fingerprint density at radius 1 is 1.25 bits per heavy atom. The van der Waals surface area contributed by atoms with Crippen molar-refractivity contribution in [1.82, 2.24) is 9.80 Å². The number of carbonyl (C=O) groups is 3. The topological polar surface area (TPSA) is 57.7 Å². The molecule has 130 valence electrons. The van der Waals surface area contributed by atoms with Crippen LogP contribution in [0.5, 0.6) is 0 Å². The lowest BCUT2D eigenvalue weighted by Gasteiger charge is -2.25. The zero-order valence-electron chi connectivity index (χ0n) is 14.3. The molecule has 0 N–H and O–H groups in total. The van der Waals surface area contributed by atoms with Gasteiger partial charge in [-0.05, 0) is 31.9 Å². The molecule has 2 heterocycles. The van der Waals surface area contributed by atoms with Crippen LogP contribution in [0.15, 0.2) is 12.1 Å². The number of ketones is 1. The second-order valence-electron chi connectivity index (χ2n) is 6.96. The monoisotopic (exact) mass is 348 g/mol. The normalized spacial score (nSPS) is 21.5. The van der Waals surface area contributed by atoms with Crippen LogP contribution in [-0.4, -0.2) is 53.6 Å². The Morgan fingerprint density at radius 3 is 2.54 bits per heavy atom. The largest absolute Gasteiger partial charge is 0.341 e. The summed E-state index contributed by atoms with van der Waals surface area (Å²) in [4.78, 5) is 41.1. The Bertz CT molecular complexity index is 648. The molecule has 1 aromatic rings. The highest BCUT2D eigenvalue weighted by molar-refractivity contribution is 7.15. The first-order valence-corrected chi connectivity index (χ1v) is 9.43. The number of hydrogen-bond acceptors (Lipinski definition) is 4. The Morgan fingerprint density at radius 2 is 1.92 bits per heavy atom. The summed E-state index contributed by atoms with van der Waals surface area (Å²) in [5.74, 6) is 0.358. The van der Waals surface area contributed by atoms with E-state index in [0.717, 1.165) is 19.4 Å². The smallest absolute Gasteiger partial charge is 0.263 e. The molecule has 1 aromatic heterocycles. The first kappa shape index (κ1) is 17.1. The molecule has 1 aliphatic heterocycles. The number of carbonyl (C=O) groups excluding carboxylic acids is 3. The molecule has 1 aliphatic carbocycles. The van der Waals surface area contributed by atoms with Gasteiger partial charge in [0.2, 0.25) is 5.91 Å². The number of likely N-dealkylation sites (tertiary alicyclic amines) is 1. The third-order valence-corrected chi connectivity index (χ3v) is 6.22. The maximum atomic E-state index is 12.5. The van der Waals surface area contributed by atoms with Gasteiger partial charge in [-0.1, -0.05) is 12.8 Å². The number of hydrogen-bond donors (Lipinski definition) is 0. The van der Waals surface area contributed by atoms with Gasteiger partial charge in [0.1, 0.15) is 0 Å². The van der Waals surface area contributed by atoms with Crippen molar-refractivity contribution in [1.29, 1.82) is 0 Å². The number of Topliss-reactive ketones (excluding diaryl/α,β-unsaturated/α-hetero) is 1. The molecule has 2 amide bonds. The van der Waals surface area contributed by atoms with E-state index in [2.05, 4.69) is 0 Å². The SMILES string of the molecule is CC(=O)c1ccc(C(=O)N(C)CC2CC(=O)N(C3CCCC3)C2)s1. The fraction of sp³-hybridized carbons (Fsp3) is 0.611. The van der Waals surface area contributed by atoms with Gasteiger partial charge in [0.25, 0.3) is 5.91 Å². The van der Waals surface area contributed by atoms with E-state index in [-0.39, 0.29) is 23.5 Å². The van der Waals surface area contributed by atoms with E-state index in [1.165, 1.54) is 31.1 Å². The minimum absolute atomic E-state index is 0.0182. The first-order chi connectivity index (χ1) is 11.5. The molecule has 1 atom stereocenters. The fourth-order valence-corrected chi connectivity index (χ4v) is 4.70. The van der Waals surface area contributed by atoms with Crippen molar-refractivity contribution < 1.29 is 14.4 Å². The van der Waals surface area contributed by atoms with Gasteiger partial charge >= 0.3 is 0 Å². The van der Waals surface area contributed by atoms with Gasteiger partial charge in [0, 0.05) is 38.5 Å². The molecule has 3 rings (SSSR count). The molecule has 6 heteroatoms. The van der Waals surface area contributed by atoms with Crippen LogP contribution in [0, 0.1) is 5.92 Å². The second-order valence-corrected chi connectivity index (χ2v) is 8.04. The Kier molecular flexibility index (Phi) is 5.04. The quantitative estimate of drug-likeness (QED) is 0.769. The van der Waals surface area contributed by atoms with E-state index in [9.17, 15) is 14.4 Å². The van der Waals surface area contributed by atoms with E-state index in [4.69, 9.17) is 0 Å². The second kappa shape index (κ2) is 7.05. The Balaban J connectivity index is 1.58. The zero-order valence-corrected chi connectivity index (χ0v) is 15.1. The Labute approximate surface area is 146 Å². The molecule has 0 aromatic carbocycles. The summed E-state index contributed by atoms with van der Waals surface area (Å²) in [5.41, 5.74) is 0. The summed E-state index contributed by atoms with van der Waals surface area (Å²) >= 11 is 1.24. The highest BCUT2D eigenvalue weighted by Crippen LogP contribution is 2.30. The van der Waals surface area contributed by atoms with Crippen molar-refractivity contribution in [3.63, 3.8) is 0 Å². The number of rotatable bonds is 5. The van der Waals surface area contributed by atoms with Crippen LogP contribution in [0.3, 0.4) is 0 Å². The molecule has 0 bridgehead atoms. The average Bonchev–Trinajstić information content (AvgIpc) is 3.26. The zero-order chi connectivity index (χ0) is 17.3. The third kappa shape index (κ3) is 3.53. The van der Waals surface area contributed by atoms with Gasteiger partial charge in [0.05, 0.1) is 9.75 Å². The molecular formula is C18H24N2O3S. The molecular weight excluding hydrogens is 324 g/mol. The predicted octanol–water partition coefficient (Wildman–Crippen LogP) is 2.81. The van der Waals surface area contributed by atoms with Gasteiger partial charge < -0.3 is 9.80 Å². The van der Waals surface area contributed by atoms with Crippen molar-refractivity contribution in [2.24, 2.45) is 5.92 Å². The molecule has 2 aliphatic rings. The minimum atomic E-state index is -0.0701. The van der Waals surface area contributed by atoms with Crippen molar-refractivity contribution in [2.45, 2.75) is 45.1 Å². The van der Waals surface area contributed by atoms with E-state index < -0.39 is 0 Å². The lowest BCUT2D eigenvalue weighted by Crippen LogP contribution is -2.36. The van der Waals surface area contributed by atoms with Crippen LogP contribution in [-0.2, 0) is 4.79 Å². The van der Waals surface area contributed by atoms with E-state index >= 15 is 0 Å².